The summed E-state index contributed by atoms with van der Waals surface area (Å²) < 4.78 is 7.49. The van der Waals surface area contributed by atoms with Gasteiger partial charge in [-0.25, -0.2) is 4.79 Å². The van der Waals surface area contributed by atoms with Crippen LogP contribution in [0.3, 0.4) is 0 Å². The molecule has 1 aliphatic rings. The van der Waals surface area contributed by atoms with Gasteiger partial charge in [-0.15, -0.1) is 11.8 Å². The van der Waals surface area contributed by atoms with Crippen LogP contribution in [0.1, 0.15) is 32.6 Å². The Morgan fingerprint density at radius 2 is 1.76 bits per heavy atom. The molecule has 0 amide bonds. The highest BCUT2D eigenvalue weighted by Gasteiger charge is 2.26. The van der Waals surface area contributed by atoms with Gasteiger partial charge in [-0.05, 0) is 61.0 Å². The maximum Gasteiger partial charge on any atom is 0.329 e. The zero-order chi connectivity index (χ0) is 23.9. The fourth-order valence-electron chi connectivity index (χ4n) is 4.71. The van der Waals surface area contributed by atoms with Gasteiger partial charge in [-0.1, -0.05) is 49.4 Å². The van der Waals surface area contributed by atoms with Gasteiger partial charge < -0.3 is 14.9 Å². The van der Waals surface area contributed by atoms with Gasteiger partial charge in [0.2, 0.25) is 0 Å². The molecule has 180 valence electrons. The zero-order valence-corrected chi connectivity index (χ0v) is 20.3. The maximum absolute atomic E-state index is 10.7. The van der Waals surface area contributed by atoms with Crippen LogP contribution in [0, 0.1) is 11.8 Å². The van der Waals surface area contributed by atoms with Crippen molar-refractivity contribution in [3.63, 3.8) is 0 Å². The van der Waals surface area contributed by atoms with Crippen molar-refractivity contribution in [3.05, 3.63) is 54.6 Å². The van der Waals surface area contributed by atoms with Gasteiger partial charge in [-0.2, -0.15) is 5.10 Å². The summed E-state index contributed by atoms with van der Waals surface area (Å²) in [5, 5.41) is 25.2. The molecular weight excluding hydrogens is 448 g/mol. The summed E-state index contributed by atoms with van der Waals surface area (Å²) in [6.45, 7) is 3.31. The number of phenols is 1. The Bertz CT molecular complexity index is 1090. The quantitative estimate of drug-likeness (QED) is 0.349. The van der Waals surface area contributed by atoms with Crippen LogP contribution in [0.4, 0.5) is 0 Å². The smallest absolute Gasteiger partial charge is 0.329 e. The van der Waals surface area contributed by atoms with Crippen LogP contribution in [0.5, 0.6) is 5.75 Å². The van der Waals surface area contributed by atoms with Gasteiger partial charge >= 0.3 is 5.97 Å². The first-order valence-electron chi connectivity index (χ1n) is 11.9. The third-order valence-corrected chi connectivity index (χ3v) is 7.32. The molecule has 1 fully saturated rings. The molecule has 2 N–H and O–H groups in total. The van der Waals surface area contributed by atoms with Gasteiger partial charge in [0.15, 0.2) is 0 Å². The molecular formula is C27H32N2O4S. The van der Waals surface area contributed by atoms with Crippen LogP contribution >= 0.6 is 11.8 Å². The minimum atomic E-state index is -0.912. The number of carbonyl (C=O) groups is 1. The van der Waals surface area contributed by atoms with E-state index in [4.69, 9.17) is 14.9 Å². The van der Waals surface area contributed by atoms with E-state index in [1.54, 1.807) is 17.8 Å². The Kier molecular flexibility index (Phi) is 8.29. The number of carboxylic acid groups (broad SMARTS) is 1. The second-order valence-corrected chi connectivity index (χ2v) is 10.1. The Labute approximate surface area is 205 Å². The lowest BCUT2D eigenvalue weighted by Gasteiger charge is -2.28. The van der Waals surface area contributed by atoms with E-state index in [9.17, 15) is 9.90 Å². The zero-order valence-electron chi connectivity index (χ0n) is 19.5. The number of aromatic nitrogens is 2. The Hall–Kier alpha value is -2.77. The van der Waals surface area contributed by atoms with E-state index in [0.29, 0.717) is 18.4 Å². The van der Waals surface area contributed by atoms with Crippen molar-refractivity contribution in [2.24, 2.45) is 11.8 Å². The molecule has 1 heterocycles. The summed E-state index contributed by atoms with van der Waals surface area (Å²) >= 11 is 1.79. The number of hydrogen-bond donors (Lipinski definition) is 2. The van der Waals surface area contributed by atoms with Crippen molar-refractivity contribution >= 4 is 17.7 Å². The third-order valence-electron chi connectivity index (χ3n) is 6.35. The molecule has 3 aromatic rings. The highest BCUT2D eigenvalue weighted by molar-refractivity contribution is 7.99. The van der Waals surface area contributed by atoms with E-state index < -0.39 is 5.97 Å². The molecule has 0 spiro atoms. The fourth-order valence-corrected chi connectivity index (χ4v) is 5.61. The topological polar surface area (TPSA) is 84.6 Å². The predicted molar refractivity (Wildman–Crippen MR) is 135 cm³/mol. The summed E-state index contributed by atoms with van der Waals surface area (Å²) in [6, 6.07) is 17.7. The first kappa shape index (κ1) is 24.4. The van der Waals surface area contributed by atoms with Crippen LogP contribution in [0.25, 0.3) is 22.4 Å². The lowest BCUT2D eigenvalue weighted by Crippen LogP contribution is -2.23. The van der Waals surface area contributed by atoms with Crippen molar-refractivity contribution in [1.82, 2.24) is 9.78 Å². The third kappa shape index (κ3) is 6.02. The van der Waals surface area contributed by atoms with E-state index >= 15 is 0 Å². The number of carboxylic acids is 1. The van der Waals surface area contributed by atoms with Crippen molar-refractivity contribution in [2.75, 3.05) is 19.0 Å². The fraction of sp³-hybridized carbons (Fsp3) is 0.407. The molecule has 1 saturated carbocycles. The first-order chi connectivity index (χ1) is 16.5. The largest absolute Gasteiger partial charge is 0.508 e. The molecule has 0 bridgehead atoms. The molecule has 0 unspecified atom stereocenters. The standard InChI is InChI=1S/C27H32N2O4S/c1-2-34-27-25(22-9-6-10-23(30)15-22)26(21-7-4-3-5-8-21)28-29(27)16-19-11-13-20(14-12-19)17-33-18-24(31)32/h3-10,15,19-20,30H,2,11-14,16-18H2,1H3,(H,31,32). The SMILES string of the molecule is CCSc1c(-c2cccc(O)c2)c(-c2ccccc2)nn1CC1CCC(COCC(=O)O)CC1. The average Bonchev–Trinajstić information content (AvgIpc) is 3.19. The summed E-state index contributed by atoms with van der Waals surface area (Å²) in [5.41, 5.74) is 4.06. The van der Waals surface area contributed by atoms with Crippen molar-refractivity contribution in [2.45, 2.75) is 44.2 Å². The lowest BCUT2D eigenvalue weighted by molar-refractivity contribution is -0.142. The summed E-state index contributed by atoms with van der Waals surface area (Å²) in [4.78, 5) is 10.7. The predicted octanol–water partition coefficient (Wildman–Crippen LogP) is 5.94. The maximum atomic E-state index is 10.7. The molecule has 34 heavy (non-hydrogen) atoms. The summed E-state index contributed by atoms with van der Waals surface area (Å²) in [5.74, 6) is 1.22. The summed E-state index contributed by atoms with van der Waals surface area (Å²) in [6.07, 6.45) is 4.26. The molecule has 4 rings (SSSR count). The molecule has 0 saturated heterocycles. The highest BCUT2D eigenvalue weighted by Crippen LogP contribution is 2.41. The van der Waals surface area contributed by atoms with E-state index in [0.717, 1.165) is 65.4 Å². The highest BCUT2D eigenvalue weighted by atomic mass is 32.2. The van der Waals surface area contributed by atoms with Gasteiger partial charge in [-0.3, -0.25) is 4.68 Å². The molecule has 0 aliphatic heterocycles. The molecule has 1 aliphatic carbocycles. The first-order valence-corrected chi connectivity index (χ1v) is 12.9. The molecule has 1 aromatic heterocycles. The van der Waals surface area contributed by atoms with Gasteiger partial charge in [0, 0.05) is 17.7 Å². The van der Waals surface area contributed by atoms with E-state index in [2.05, 4.69) is 23.7 Å². The van der Waals surface area contributed by atoms with E-state index in [1.807, 2.05) is 36.4 Å². The average molecular weight is 481 g/mol. The van der Waals surface area contributed by atoms with Crippen molar-refractivity contribution in [3.8, 4) is 28.1 Å². The number of aliphatic carboxylic acids is 1. The van der Waals surface area contributed by atoms with Crippen LogP contribution in [-0.4, -0.2) is 44.9 Å². The van der Waals surface area contributed by atoms with Crippen LogP contribution in [0.2, 0.25) is 0 Å². The molecule has 2 aromatic carbocycles. The number of ether oxygens (including phenoxy) is 1. The van der Waals surface area contributed by atoms with Crippen LogP contribution < -0.4 is 0 Å². The molecule has 0 atom stereocenters. The Morgan fingerprint density at radius 3 is 2.44 bits per heavy atom. The van der Waals surface area contributed by atoms with E-state index in [-0.39, 0.29) is 12.4 Å². The Balaban J connectivity index is 1.59. The summed E-state index contributed by atoms with van der Waals surface area (Å²) in [7, 11) is 0. The van der Waals surface area contributed by atoms with Crippen molar-refractivity contribution in [1.29, 1.82) is 0 Å². The number of thioether (sulfide) groups is 1. The Morgan fingerprint density at radius 1 is 1.06 bits per heavy atom. The molecule has 0 radical (unpaired) electrons. The van der Waals surface area contributed by atoms with Crippen LogP contribution in [-0.2, 0) is 16.1 Å². The van der Waals surface area contributed by atoms with Crippen LogP contribution in [0.15, 0.2) is 59.6 Å². The number of phenolic OH excluding ortho intramolecular Hbond substituents is 1. The normalized spacial score (nSPS) is 18.1. The lowest BCUT2D eigenvalue weighted by atomic mass is 9.82. The van der Waals surface area contributed by atoms with E-state index in [1.165, 1.54) is 0 Å². The molecule has 7 heteroatoms. The monoisotopic (exact) mass is 480 g/mol. The van der Waals surface area contributed by atoms with Gasteiger partial charge in [0.05, 0.1) is 6.61 Å². The van der Waals surface area contributed by atoms with Gasteiger partial charge in [0.1, 0.15) is 23.1 Å². The second kappa shape index (κ2) is 11.6. The van der Waals surface area contributed by atoms with Gasteiger partial charge in [0.25, 0.3) is 0 Å². The number of nitrogens with zero attached hydrogens (tertiary/aromatic N) is 2. The number of benzene rings is 2. The minimum absolute atomic E-state index is 0.217. The molecule has 6 nitrogen and oxygen atoms in total. The number of aromatic hydroxyl groups is 1. The number of hydrogen-bond acceptors (Lipinski definition) is 5. The number of rotatable bonds is 10. The second-order valence-electron chi connectivity index (χ2n) is 8.86. The van der Waals surface area contributed by atoms with Crippen molar-refractivity contribution < 1.29 is 19.7 Å². The minimum Gasteiger partial charge on any atom is -0.508 e.